The van der Waals surface area contributed by atoms with Crippen LogP contribution in [0, 0.1) is 0 Å². The molecule has 1 saturated heterocycles. The topological polar surface area (TPSA) is 101 Å². The van der Waals surface area contributed by atoms with Gasteiger partial charge in [0.15, 0.2) is 0 Å². The molecule has 1 unspecified atom stereocenters. The summed E-state index contributed by atoms with van der Waals surface area (Å²) in [6, 6.07) is 10.3. The van der Waals surface area contributed by atoms with Crippen molar-refractivity contribution >= 4 is 5.91 Å². The second-order valence-corrected chi connectivity index (χ2v) is 6.53. The largest absolute Gasteiger partial charge is 0.481 e. The van der Waals surface area contributed by atoms with Crippen molar-refractivity contribution in [1.82, 2.24) is 24.8 Å². The Kier molecular flexibility index (Phi) is 4.84. The normalized spacial score (nSPS) is 16.2. The standard InChI is InChI=1S/C20H19N5O3/c1-28-19-14(5-4-9-22-19)16-11-17(26)24-18(23-16)13-7-10-25(12-13)20(27)15-6-2-3-8-21-15/h2-6,8-9,11,13H,7,10,12H2,1H3,(H,23,24,26). The summed E-state index contributed by atoms with van der Waals surface area (Å²) in [5.41, 5.74) is 1.31. The van der Waals surface area contributed by atoms with Crippen LogP contribution in [0.5, 0.6) is 5.88 Å². The summed E-state index contributed by atoms with van der Waals surface area (Å²) in [7, 11) is 1.53. The lowest BCUT2D eigenvalue weighted by molar-refractivity contribution is 0.0784. The van der Waals surface area contributed by atoms with Gasteiger partial charge in [0.2, 0.25) is 5.88 Å². The van der Waals surface area contributed by atoms with Crippen molar-refractivity contribution in [1.29, 1.82) is 0 Å². The average molecular weight is 377 g/mol. The van der Waals surface area contributed by atoms with Crippen molar-refractivity contribution < 1.29 is 9.53 Å². The minimum atomic E-state index is -0.250. The molecule has 142 valence electrons. The summed E-state index contributed by atoms with van der Waals surface area (Å²) >= 11 is 0. The van der Waals surface area contributed by atoms with Gasteiger partial charge in [-0.05, 0) is 30.7 Å². The lowest BCUT2D eigenvalue weighted by Crippen LogP contribution is -2.29. The molecule has 3 aromatic rings. The molecule has 0 aromatic carbocycles. The number of ether oxygens (including phenoxy) is 1. The van der Waals surface area contributed by atoms with Crippen LogP contribution in [0.15, 0.2) is 53.6 Å². The fraction of sp³-hybridized carbons (Fsp3) is 0.250. The van der Waals surface area contributed by atoms with Gasteiger partial charge in [0.1, 0.15) is 11.5 Å². The number of nitrogens with zero attached hydrogens (tertiary/aromatic N) is 4. The van der Waals surface area contributed by atoms with Crippen LogP contribution in [-0.2, 0) is 0 Å². The van der Waals surface area contributed by atoms with E-state index in [-0.39, 0.29) is 17.4 Å². The second-order valence-electron chi connectivity index (χ2n) is 6.53. The van der Waals surface area contributed by atoms with E-state index in [4.69, 9.17) is 4.74 Å². The van der Waals surface area contributed by atoms with Gasteiger partial charge in [0, 0.05) is 37.5 Å². The van der Waals surface area contributed by atoms with Crippen molar-refractivity contribution in [2.45, 2.75) is 12.3 Å². The number of pyridine rings is 2. The summed E-state index contributed by atoms with van der Waals surface area (Å²) in [6.07, 6.45) is 3.94. The molecule has 1 N–H and O–H groups in total. The lowest BCUT2D eigenvalue weighted by atomic mass is 10.1. The smallest absolute Gasteiger partial charge is 0.272 e. The Balaban J connectivity index is 1.60. The summed E-state index contributed by atoms with van der Waals surface area (Å²) in [6.45, 7) is 1.07. The van der Waals surface area contributed by atoms with Gasteiger partial charge in [-0.2, -0.15) is 0 Å². The Morgan fingerprint density at radius 3 is 2.86 bits per heavy atom. The Morgan fingerprint density at radius 2 is 2.07 bits per heavy atom. The van der Waals surface area contributed by atoms with Crippen molar-refractivity contribution in [3.8, 4) is 17.1 Å². The summed E-state index contributed by atoms with van der Waals surface area (Å²) < 4.78 is 5.28. The van der Waals surface area contributed by atoms with E-state index in [9.17, 15) is 9.59 Å². The van der Waals surface area contributed by atoms with Crippen LogP contribution >= 0.6 is 0 Å². The number of carbonyl (C=O) groups excluding carboxylic acids is 1. The number of rotatable bonds is 4. The summed E-state index contributed by atoms with van der Waals surface area (Å²) in [5.74, 6) is 0.799. The molecule has 3 aromatic heterocycles. The van der Waals surface area contributed by atoms with Crippen LogP contribution in [0.4, 0.5) is 0 Å². The van der Waals surface area contributed by atoms with Gasteiger partial charge in [-0.25, -0.2) is 9.97 Å². The number of methoxy groups -OCH3 is 1. The SMILES string of the molecule is COc1ncccc1-c1cc(=O)[nH]c(C2CCN(C(=O)c3ccccn3)C2)n1. The molecule has 4 rings (SSSR count). The predicted molar refractivity (Wildman–Crippen MR) is 102 cm³/mol. The van der Waals surface area contributed by atoms with Crippen LogP contribution in [0.25, 0.3) is 11.3 Å². The molecule has 0 spiro atoms. The minimum Gasteiger partial charge on any atom is -0.481 e. The third-order valence-electron chi connectivity index (χ3n) is 4.75. The van der Waals surface area contributed by atoms with Crippen LogP contribution in [0.1, 0.15) is 28.7 Å². The highest BCUT2D eigenvalue weighted by Gasteiger charge is 2.30. The quantitative estimate of drug-likeness (QED) is 0.745. The van der Waals surface area contributed by atoms with Gasteiger partial charge in [-0.3, -0.25) is 14.6 Å². The highest BCUT2D eigenvalue weighted by molar-refractivity contribution is 5.92. The number of nitrogens with one attached hydrogen (secondary N) is 1. The maximum atomic E-state index is 12.6. The maximum absolute atomic E-state index is 12.6. The van der Waals surface area contributed by atoms with Gasteiger partial charge in [0.05, 0.1) is 18.4 Å². The third kappa shape index (κ3) is 3.48. The molecule has 1 atom stereocenters. The van der Waals surface area contributed by atoms with Crippen LogP contribution in [0.3, 0.4) is 0 Å². The number of hydrogen-bond donors (Lipinski definition) is 1. The van der Waals surface area contributed by atoms with Gasteiger partial charge in [-0.1, -0.05) is 6.07 Å². The molecule has 0 bridgehead atoms. The van der Waals surface area contributed by atoms with E-state index in [1.807, 2.05) is 6.07 Å². The Hall–Kier alpha value is -3.55. The second kappa shape index (κ2) is 7.59. The number of carbonyl (C=O) groups is 1. The van der Waals surface area contributed by atoms with E-state index < -0.39 is 0 Å². The first-order chi connectivity index (χ1) is 13.7. The average Bonchev–Trinajstić information content (AvgIpc) is 3.23. The zero-order valence-electron chi connectivity index (χ0n) is 15.3. The van der Waals surface area contributed by atoms with E-state index in [1.54, 1.807) is 41.6 Å². The Labute approximate surface area is 161 Å². The first-order valence-electron chi connectivity index (χ1n) is 8.96. The van der Waals surface area contributed by atoms with Gasteiger partial charge >= 0.3 is 0 Å². The summed E-state index contributed by atoms with van der Waals surface area (Å²) in [5, 5.41) is 0. The first kappa shape index (κ1) is 17.8. The third-order valence-corrected chi connectivity index (χ3v) is 4.75. The maximum Gasteiger partial charge on any atom is 0.272 e. The minimum absolute atomic E-state index is 0.0528. The van der Waals surface area contributed by atoms with Crippen molar-refractivity contribution in [3.63, 3.8) is 0 Å². The molecular formula is C20H19N5O3. The molecule has 8 nitrogen and oxygen atoms in total. The van der Waals surface area contributed by atoms with E-state index >= 15 is 0 Å². The molecule has 28 heavy (non-hydrogen) atoms. The fourth-order valence-corrected chi connectivity index (χ4v) is 3.38. The highest BCUT2D eigenvalue weighted by Crippen LogP contribution is 2.29. The van der Waals surface area contributed by atoms with Gasteiger partial charge in [-0.15, -0.1) is 0 Å². The molecule has 1 amide bonds. The highest BCUT2D eigenvalue weighted by atomic mass is 16.5. The molecule has 0 aliphatic carbocycles. The molecular weight excluding hydrogens is 358 g/mol. The first-order valence-corrected chi connectivity index (χ1v) is 8.96. The van der Waals surface area contributed by atoms with Crippen molar-refractivity contribution in [2.24, 2.45) is 0 Å². The predicted octanol–water partition coefficient (Wildman–Crippen LogP) is 1.87. The molecule has 4 heterocycles. The number of aromatic nitrogens is 4. The number of H-pyrrole nitrogens is 1. The monoisotopic (exact) mass is 377 g/mol. The van der Waals surface area contributed by atoms with E-state index in [0.717, 1.165) is 6.42 Å². The molecule has 1 aliphatic rings. The Bertz CT molecular complexity index is 1050. The lowest BCUT2D eigenvalue weighted by Gasteiger charge is -2.16. The molecule has 8 heteroatoms. The Morgan fingerprint density at radius 1 is 1.21 bits per heavy atom. The zero-order valence-corrected chi connectivity index (χ0v) is 15.3. The zero-order chi connectivity index (χ0) is 19.5. The molecule has 0 saturated carbocycles. The van der Waals surface area contributed by atoms with Crippen molar-refractivity contribution in [2.75, 3.05) is 20.2 Å². The van der Waals surface area contributed by atoms with Crippen LogP contribution in [-0.4, -0.2) is 50.9 Å². The number of amides is 1. The van der Waals surface area contributed by atoms with E-state index in [1.165, 1.54) is 13.2 Å². The van der Waals surface area contributed by atoms with Crippen LogP contribution < -0.4 is 10.3 Å². The number of aromatic amines is 1. The number of hydrogen-bond acceptors (Lipinski definition) is 6. The molecule has 1 aliphatic heterocycles. The van der Waals surface area contributed by atoms with Crippen LogP contribution in [0.2, 0.25) is 0 Å². The van der Waals surface area contributed by atoms with E-state index in [2.05, 4.69) is 19.9 Å². The molecule has 1 fully saturated rings. The fourth-order valence-electron chi connectivity index (χ4n) is 3.38. The van der Waals surface area contributed by atoms with Gasteiger partial charge < -0.3 is 14.6 Å². The summed E-state index contributed by atoms with van der Waals surface area (Å²) in [4.78, 5) is 42.3. The molecule has 0 radical (unpaired) electrons. The van der Waals surface area contributed by atoms with Crippen molar-refractivity contribution in [3.05, 3.63) is 70.7 Å². The van der Waals surface area contributed by atoms with E-state index in [0.29, 0.717) is 41.7 Å². The van der Waals surface area contributed by atoms with Gasteiger partial charge in [0.25, 0.3) is 11.5 Å². The number of likely N-dealkylation sites (tertiary alicyclic amines) is 1.